The van der Waals surface area contributed by atoms with E-state index in [0.29, 0.717) is 18.0 Å². The van der Waals surface area contributed by atoms with E-state index >= 15 is 0 Å². The number of phosphoric ester groups is 1. The Morgan fingerprint density at radius 3 is 2.19 bits per heavy atom. The van der Waals surface area contributed by atoms with Gasteiger partial charge in [-0.25, -0.2) is 9.55 Å². The molecule has 0 saturated heterocycles. The molecule has 0 fully saturated rings. The van der Waals surface area contributed by atoms with E-state index in [1.54, 1.807) is 0 Å². The number of rotatable bonds is 24. The molecule has 21 heteroatoms. The average Bonchev–Trinajstić information content (AvgIpc) is 3.62. The van der Waals surface area contributed by atoms with Gasteiger partial charge in [-0.05, 0) is 37.7 Å². The minimum absolute atomic E-state index is 0.0661. The van der Waals surface area contributed by atoms with Gasteiger partial charge in [0.1, 0.15) is 24.2 Å². The molecule has 0 radical (unpaired) electrons. The number of carbonyl (C=O) groups is 5. The molecule has 1 aromatic heterocycles. The fourth-order valence-corrected chi connectivity index (χ4v) is 5.63. The summed E-state index contributed by atoms with van der Waals surface area (Å²) in [4.78, 5) is 94.2. The lowest BCUT2D eigenvalue weighted by Gasteiger charge is -2.27. The molecule has 0 unspecified atom stereocenters. The number of primary amides is 1. The Hall–Kier alpha value is -5.01. The van der Waals surface area contributed by atoms with Gasteiger partial charge >= 0.3 is 7.82 Å². The Morgan fingerprint density at radius 2 is 1.61 bits per heavy atom. The molecule has 20 nitrogen and oxygen atoms in total. The van der Waals surface area contributed by atoms with Crippen molar-refractivity contribution < 1.29 is 48.0 Å². The number of hydrogen-bond acceptors (Lipinski definition) is 12. The molecular weight excluding hydrogens is 727 g/mol. The summed E-state index contributed by atoms with van der Waals surface area (Å²) in [5.41, 5.74) is 7.27. The number of aliphatic hydroxyl groups is 1. The molecule has 1 heterocycles. The van der Waals surface area contributed by atoms with Crippen LogP contribution in [0.4, 0.5) is 0 Å². The molecule has 0 spiro atoms. The molecule has 0 aliphatic rings. The van der Waals surface area contributed by atoms with Gasteiger partial charge in [-0.15, -0.1) is 0 Å². The molecule has 54 heavy (non-hydrogen) atoms. The number of aliphatic hydroxyl groups excluding tert-OH is 1. The second-order valence-electron chi connectivity index (χ2n) is 12.8. The first-order chi connectivity index (χ1) is 25.5. The Labute approximate surface area is 312 Å². The van der Waals surface area contributed by atoms with Gasteiger partial charge in [0.2, 0.25) is 29.5 Å². The number of hydrazone groups is 1. The van der Waals surface area contributed by atoms with Crippen LogP contribution in [0.2, 0.25) is 0 Å². The lowest BCUT2D eigenvalue weighted by molar-refractivity contribution is -0.135. The van der Waals surface area contributed by atoms with E-state index in [1.165, 1.54) is 24.3 Å². The van der Waals surface area contributed by atoms with Gasteiger partial charge in [-0.3, -0.25) is 33.5 Å². The maximum atomic E-state index is 13.6. The average molecular weight is 779 g/mol. The van der Waals surface area contributed by atoms with Crippen LogP contribution in [0.25, 0.3) is 0 Å². The Balaban J connectivity index is 2.09. The van der Waals surface area contributed by atoms with Gasteiger partial charge in [-0.1, -0.05) is 44.2 Å². The Bertz CT molecular complexity index is 1620. The van der Waals surface area contributed by atoms with E-state index in [9.17, 15) is 33.6 Å². The van der Waals surface area contributed by atoms with Gasteiger partial charge in [0.15, 0.2) is 0 Å². The van der Waals surface area contributed by atoms with Gasteiger partial charge in [0.05, 0.1) is 24.7 Å². The van der Waals surface area contributed by atoms with Crippen LogP contribution in [0, 0.1) is 5.92 Å². The van der Waals surface area contributed by atoms with Crippen LogP contribution in [-0.2, 0) is 45.9 Å². The summed E-state index contributed by atoms with van der Waals surface area (Å²) >= 11 is 0. The molecule has 12 N–H and O–H groups in total. The molecule has 2 rings (SSSR count). The molecular formula is C33H51N10O10P. The van der Waals surface area contributed by atoms with Crippen molar-refractivity contribution in [2.75, 3.05) is 13.2 Å². The number of imidazole rings is 1. The van der Waals surface area contributed by atoms with Crippen molar-refractivity contribution in [3.63, 3.8) is 0 Å². The van der Waals surface area contributed by atoms with Gasteiger partial charge < -0.3 is 52.7 Å². The molecule has 0 aliphatic carbocycles. The summed E-state index contributed by atoms with van der Waals surface area (Å²) in [5.74, 6) is 0.940. The fourth-order valence-electron chi connectivity index (χ4n) is 5.08. The molecule has 5 amide bonds. The number of carbonyl (C=O) groups excluding carboxylic acids is 5. The highest BCUT2D eigenvalue weighted by Crippen LogP contribution is 2.38. The van der Waals surface area contributed by atoms with Crippen LogP contribution < -0.4 is 32.8 Å². The summed E-state index contributed by atoms with van der Waals surface area (Å²) < 4.78 is 15.7. The number of nitrogens with two attached hydrogens (primary N) is 2. The van der Waals surface area contributed by atoms with Crippen LogP contribution in [-0.4, -0.2) is 110 Å². The first kappa shape index (κ1) is 45.1. The first-order valence-corrected chi connectivity index (χ1v) is 18.7. The molecule has 2 aromatic rings. The normalized spacial score (nSPS) is 14.8. The summed E-state index contributed by atoms with van der Waals surface area (Å²) in [7, 11) is -5.09. The van der Waals surface area contributed by atoms with Crippen molar-refractivity contribution in [2.45, 2.75) is 89.6 Å². The summed E-state index contributed by atoms with van der Waals surface area (Å²) in [6, 6.07) is 4.04. The Morgan fingerprint density at radius 1 is 0.963 bits per heavy atom. The number of aromatic amines is 1. The topological polar surface area (TPSA) is 326 Å². The maximum Gasteiger partial charge on any atom is 0.469 e. The lowest BCUT2D eigenvalue weighted by atomic mass is 10.0. The van der Waals surface area contributed by atoms with E-state index < -0.39 is 74.2 Å². The number of phosphoric acid groups is 1. The van der Waals surface area contributed by atoms with Gasteiger partial charge in [0, 0.05) is 43.9 Å². The van der Waals surface area contributed by atoms with E-state index in [4.69, 9.17) is 21.4 Å². The zero-order valence-corrected chi connectivity index (χ0v) is 31.3. The van der Waals surface area contributed by atoms with Crippen molar-refractivity contribution in [1.29, 1.82) is 0 Å². The molecule has 0 aliphatic heterocycles. The zero-order valence-electron chi connectivity index (χ0n) is 30.4. The largest absolute Gasteiger partial charge is 0.469 e. The molecule has 0 bridgehead atoms. The SMILES string of the molecule is CC(C)C[C@H](NC(=O)CCC(C=NCCCc1ccccc1)=NN)C(=O)N[C@@H](Cc1cnc[nH]1)C(=O)N[C@@H](CO)C(=O)N[C@H](C(N)=O)[C@@H](C)OP(=O)(O)O. The quantitative estimate of drug-likeness (QED) is 0.0196. The third kappa shape index (κ3) is 17.2. The summed E-state index contributed by atoms with van der Waals surface area (Å²) in [5, 5.41) is 23.3. The maximum absolute atomic E-state index is 13.6. The van der Waals surface area contributed by atoms with E-state index in [2.05, 4.69) is 45.9 Å². The van der Waals surface area contributed by atoms with Crippen LogP contribution in [0.15, 0.2) is 52.9 Å². The number of nitrogens with zero attached hydrogens (tertiary/aromatic N) is 3. The third-order valence-corrected chi connectivity index (χ3v) is 8.38. The van der Waals surface area contributed by atoms with Gasteiger partial charge in [0.25, 0.3) is 0 Å². The first-order valence-electron chi connectivity index (χ1n) is 17.1. The summed E-state index contributed by atoms with van der Waals surface area (Å²) in [6.45, 7) is 4.29. The highest BCUT2D eigenvalue weighted by Gasteiger charge is 2.35. The van der Waals surface area contributed by atoms with Crippen LogP contribution in [0.3, 0.4) is 0 Å². The predicted molar refractivity (Wildman–Crippen MR) is 197 cm³/mol. The van der Waals surface area contributed by atoms with Crippen molar-refractivity contribution in [3.05, 3.63) is 54.1 Å². The van der Waals surface area contributed by atoms with Crippen molar-refractivity contribution in [3.8, 4) is 0 Å². The Kier molecular flexibility index (Phi) is 19.2. The third-order valence-electron chi connectivity index (χ3n) is 7.77. The molecule has 0 saturated carbocycles. The number of benzene rings is 1. The van der Waals surface area contributed by atoms with Crippen LogP contribution >= 0.6 is 7.82 Å². The highest BCUT2D eigenvalue weighted by molar-refractivity contribution is 7.46. The zero-order chi connectivity index (χ0) is 40.3. The molecule has 298 valence electrons. The second-order valence-corrected chi connectivity index (χ2v) is 14.0. The number of hydrogen-bond donors (Lipinski definition) is 10. The van der Waals surface area contributed by atoms with E-state index in [0.717, 1.165) is 19.8 Å². The second kappa shape index (κ2) is 22.9. The number of nitrogens with one attached hydrogen (secondary N) is 5. The van der Waals surface area contributed by atoms with Crippen molar-refractivity contribution in [1.82, 2.24) is 31.2 Å². The highest BCUT2D eigenvalue weighted by atomic mass is 31.2. The minimum Gasteiger partial charge on any atom is -0.394 e. The monoisotopic (exact) mass is 778 g/mol. The number of aryl methyl sites for hydroxylation is 1. The number of aromatic nitrogens is 2. The van der Waals surface area contributed by atoms with Crippen LogP contribution in [0.5, 0.6) is 0 Å². The predicted octanol–water partition coefficient (Wildman–Crippen LogP) is -1.29. The van der Waals surface area contributed by atoms with Crippen molar-refractivity contribution >= 4 is 49.3 Å². The van der Waals surface area contributed by atoms with E-state index in [1.807, 2.05) is 44.2 Å². The number of amides is 5. The number of aliphatic imine (C=N–C) groups is 1. The molecule has 1 aromatic carbocycles. The lowest BCUT2D eigenvalue weighted by Crippen LogP contribution is -2.60. The minimum atomic E-state index is -5.09. The number of H-pyrrole nitrogens is 1. The van der Waals surface area contributed by atoms with E-state index in [-0.39, 0.29) is 31.6 Å². The van der Waals surface area contributed by atoms with Gasteiger partial charge in [-0.2, -0.15) is 5.10 Å². The standard InChI is InChI=1S/C33H51N10O10P/c1-20(2)14-25(39-28(45)12-11-23(43-35)16-36-13-7-10-22-8-5-4-6-9-22)31(47)40-26(15-24-17-37-19-38-24)32(48)41-27(18-44)33(49)42-29(30(34)46)21(3)53-54(50,51)52/h4-6,8-9,16-17,19-21,25-27,29,44H,7,10-15,18,35H2,1-3H3,(H2,34,46)(H,37,38)(H,39,45)(H,40,47)(H,41,48)(H,42,49)(H2,50,51,52)/t21-,25+,26+,27+,29+/m1/s1. The van der Waals surface area contributed by atoms with Crippen LogP contribution in [0.1, 0.15) is 57.7 Å². The molecule has 5 atom stereocenters. The van der Waals surface area contributed by atoms with Crippen molar-refractivity contribution in [2.24, 2.45) is 27.6 Å². The smallest absolute Gasteiger partial charge is 0.394 e. The summed E-state index contributed by atoms with van der Waals surface area (Å²) in [6.07, 6.45) is 4.45. The fraction of sp³-hybridized carbons (Fsp3) is 0.515.